The SMILES string of the molecule is CCN(c1ccc([C@@H](C)N)cc1)C(C)CN(C)C. The van der Waals surface area contributed by atoms with Gasteiger partial charge in [0.1, 0.15) is 0 Å². The van der Waals surface area contributed by atoms with Crippen molar-refractivity contribution in [2.45, 2.75) is 32.9 Å². The molecule has 102 valence electrons. The highest BCUT2D eigenvalue weighted by Crippen LogP contribution is 2.20. The van der Waals surface area contributed by atoms with Crippen LogP contribution in [-0.4, -0.2) is 38.1 Å². The maximum atomic E-state index is 5.88. The van der Waals surface area contributed by atoms with Gasteiger partial charge in [-0.1, -0.05) is 12.1 Å². The van der Waals surface area contributed by atoms with Crippen LogP contribution in [0.2, 0.25) is 0 Å². The molecule has 3 nitrogen and oxygen atoms in total. The van der Waals surface area contributed by atoms with Gasteiger partial charge < -0.3 is 15.5 Å². The van der Waals surface area contributed by atoms with Gasteiger partial charge in [-0.3, -0.25) is 0 Å². The first-order valence-electron chi connectivity index (χ1n) is 6.72. The highest BCUT2D eigenvalue weighted by Gasteiger charge is 2.13. The van der Waals surface area contributed by atoms with Crippen LogP contribution in [0.4, 0.5) is 5.69 Å². The van der Waals surface area contributed by atoms with E-state index in [0.29, 0.717) is 6.04 Å². The van der Waals surface area contributed by atoms with E-state index in [9.17, 15) is 0 Å². The van der Waals surface area contributed by atoms with Gasteiger partial charge in [0.05, 0.1) is 0 Å². The molecular formula is C15H27N3. The zero-order valence-corrected chi connectivity index (χ0v) is 12.4. The molecule has 0 aliphatic heterocycles. The molecule has 0 aliphatic rings. The fraction of sp³-hybridized carbons (Fsp3) is 0.600. The molecule has 18 heavy (non-hydrogen) atoms. The number of benzene rings is 1. The number of likely N-dealkylation sites (N-methyl/N-ethyl adjacent to an activating group) is 2. The zero-order chi connectivity index (χ0) is 13.7. The lowest BCUT2D eigenvalue weighted by Gasteiger charge is -2.32. The van der Waals surface area contributed by atoms with Gasteiger partial charge in [-0.15, -0.1) is 0 Å². The molecule has 3 heteroatoms. The summed E-state index contributed by atoms with van der Waals surface area (Å²) in [6, 6.07) is 9.22. The van der Waals surface area contributed by atoms with Gasteiger partial charge >= 0.3 is 0 Å². The van der Waals surface area contributed by atoms with Crippen molar-refractivity contribution < 1.29 is 0 Å². The Labute approximate surface area is 112 Å². The third kappa shape index (κ3) is 4.00. The molecule has 0 saturated heterocycles. The van der Waals surface area contributed by atoms with Crippen LogP contribution >= 0.6 is 0 Å². The van der Waals surface area contributed by atoms with Crippen LogP contribution in [-0.2, 0) is 0 Å². The van der Waals surface area contributed by atoms with E-state index in [1.54, 1.807) is 0 Å². The Morgan fingerprint density at radius 2 is 1.67 bits per heavy atom. The summed E-state index contributed by atoms with van der Waals surface area (Å²) in [5, 5.41) is 0. The van der Waals surface area contributed by atoms with Crippen LogP contribution in [0.1, 0.15) is 32.4 Å². The molecule has 0 saturated carbocycles. The summed E-state index contributed by atoms with van der Waals surface area (Å²) in [7, 11) is 4.23. The van der Waals surface area contributed by atoms with E-state index >= 15 is 0 Å². The largest absolute Gasteiger partial charge is 0.368 e. The van der Waals surface area contributed by atoms with Crippen molar-refractivity contribution in [1.82, 2.24) is 4.90 Å². The van der Waals surface area contributed by atoms with Crippen molar-refractivity contribution in [3.05, 3.63) is 29.8 Å². The van der Waals surface area contributed by atoms with Crippen molar-refractivity contribution in [3.63, 3.8) is 0 Å². The smallest absolute Gasteiger partial charge is 0.0388 e. The topological polar surface area (TPSA) is 32.5 Å². The first kappa shape index (κ1) is 15.0. The Kier molecular flexibility index (Phi) is 5.63. The maximum absolute atomic E-state index is 5.88. The number of rotatable bonds is 6. The van der Waals surface area contributed by atoms with Crippen molar-refractivity contribution in [2.75, 3.05) is 32.1 Å². The molecule has 0 aromatic heterocycles. The van der Waals surface area contributed by atoms with E-state index in [1.165, 1.54) is 11.3 Å². The van der Waals surface area contributed by atoms with Crippen LogP contribution in [0, 0.1) is 0 Å². The fourth-order valence-corrected chi connectivity index (χ4v) is 2.35. The molecule has 0 fully saturated rings. The highest BCUT2D eigenvalue weighted by molar-refractivity contribution is 5.48. The van der Waals surface area contributed by atoms with Gasteiger partial charge in [-0.25, -0.2) is 0 Å². The third-order valence-corrected chi connectivity index (χ3v) is 3.25. The molecule has 1 unspecified atom stereocenters. The first-order valence-corrected chi connectivity index (χ1v) is 6.72. The Hall–Kier alpha value is -1.06. The lowest BCUT2D eigenvalue weighted by molar-refractivity contribution is 0.373. The predicted molar refractivity (Wildman–Crippen MR) is 80.1 cm³/mol. The minimum absolute atomic E-state index is 0.105. The van der Waals surface area contributed by atoms with Crippen LogP contribution < -0.4 is 10.6 Å². The van der Waals surface area contributed by atoms with E-state index < -0.39 is 0 Å². The molecule has 0 bridgehead atoms. The maximum Gasteiger partial charge on any atom is 0.0388 e. The summed E-state index contributed by atoms with van der Waals surface area (Å²) in [4.78, 5) is 4.65. The zero-order valence-electron chi connectivity index (χ0n) is 12.4. The van der Waals surface area contributed by atoms with E-state index in [2.05, 4.69) is 62.0 Å². The molecule has 2 N–H and O–H groups in total. The molecule has 0 spiro atoms. The Morgan fingerprint density at radius 3 is 2.06 bits per heavy atom. The molecular weight excluding hydrogens is 222 g/mol. The van der Waals surface area contributed by atoms with Crippen molar-refractivity contribution in [3.8, 4) is 0 Å². The van der Waals surface area contributed by atoms with Gasteiger partial charge in [0.2, 0.25) is 0 Å². The summed E-state index contributed by atoms with van der Waals surface area (Å²) in [5.74, 6) is 0. The summed E-state index contributed by atoms with van der Waals surface area (Å²) in [6.45, 7) is 8.56. The molecule has 1 aromatic rings. The Balaban J connectivity index is 2.81. The van der Waals surface area contributed by atoms with Crippen LogP contribution in [0.5, 0.6) is 0 Å². The number of anilines is 1. The van der Waals surface area contributed by atoms with E-state index in [-0.39, 0.29) is 6.04 Å². The monoisotopic (exact) mass is 249 g/mol. The third-order valence-electron chi connectivity index (χ3n) is 3.25. The van der Waals surface area contributed by atoms with Crippen molar-refractivity contribution >= 4 is 5.69 Å². The Morgan fingerprint density at radius 1 is 1.11 bits per heavy atom. The molecule has 1 rings (SSSR count). The second kappa shape index (κ2) is 6.76. The van der Waals surface area contributed by atoms with Gasteiger partial charge in [-0.05, 0) is 52.6 Å². The predicted octanol–water partition coefficient (Wildman–Crippen LogP) is 2.48. The second-order valence-electron chi connectivity index (χ2n) is 5.28. The minimum Gasteiger partial charge on any atom is -0.368 e. The normalized spacial score (nSPS) is 14.6. The average molecular weight is 249 g/mol. The number of nitrogens with zero attached hydrogens (tertiary/aromatic N) is 2. The van der Waals surface area contributed by atoms with Crippen molar-refractivity contribution in [2.24, 2.45) is 5.73 Å². The number of hydrogen-bond acceptors (Lipinski definition) is 3. The second-order valence-corrected chi connectivity index (χ2v) is 5.28. The van der Waals surface area contributed by atoms with Crippen LogP contribution in [0.15, 0.2) is 24.3 Å². The summed E-state index contributed by atoms with van der Waals surface area (Å²) >= 11 is 0. The van der Waals surface area contributed by atoms with Crippen LogP contribution in [0.3, 0.4) is 0 Å². The molecule has 2 atom stereocenters. The molecule has 0 radical (unpaired) electrons. The van der Waals surface area contributed by atoms with E-state index in [4.69, 9.17) is 5.73 Å². The average Bonchev–Trinajstić information content (AvgIpc) is 2.29. The minimum atomic E-state index is 0.105. The highest BCUT2D eigenvalue weighted by atomic mass is 15.2. The number of nitrogens with two attached hydrogens (primary N) is 1. The molecule has 0 heterocycles. The molecule has 0 aliphatic carbocycles. The molecule has 1 aromatic carbocycles. The van der Waals surface area contributed by atoms with Crippen LogP contribution in [0.25, 0.3) is 0 Å². The van der Waals surface area contributed by atoms with E-state index in [1.807, 2.05) is 6.92 Å². The summed E-state index contributed by atoms with van der Waals surface area (Å²) in [6.07, 6.45) is 0. The van der Waals surface area contributed by atoms with Gasteiger partial charge in [0.15, 0.2) is 0 Å². The van der Waals surface area contributed by atoms with Gasteiger partial charge in [-0.2, -0.15) is 0 Å². The first-order chi connectivity index (χ1) is 8.45. The Bertz CT molecular complexity index is 343. The summed E-state index contributed by atoms with van der Waals surface area (Å²) in [5.41, 5.74) is 8.34. The van der Waals surface area contributed by atoms with Crippen molar-refractivity contribution in [1.29, 1.82) is 0 Å². The fourth-order valence-electron chi connectivity index (χ4n) is 2.35. The van der Waals surface area contributed by atoms with Gasteiger partial charge in [0, 0.05) is 30.9 Å². The molecule has 0 amide bonds. The summed E-state index contributed by atoms with van der Waals surface area (Å²) < 4.78 is 0. The number of hydrogen-bond donors (Lipinski definition) is 1. The van der Waals surface area contributed by atoms with Gasteiger partial charge in [0.25, 0.3) is 0 Å². The quantitative estimate of drug-likeness (QED) is 0.840. The lowest BCUT2D eigenvalue weighted by Crippen LogP contribution is -2.40. The van der Waals surface area contributed by atoms with E-state index in [0.717, 1.165) is 13.1 Å². The lowest BCUT2D eigenvalue weighted by atomic mass is 10.1. The standard InChI is InChI=1S/C15H27N3/c1-6-18(12(2)11-17(4)5)15-9-7-14(8-10-15)13(3)16/h7-10,12-13H,6,11,16H2,1-5H3/t12?,13-/m1/s1.